The molecular formula is C74H132O6. The third kappa shape index (κ3) is 65.7. The molecule has 0 spiro atoms. The Bertz CT molecular complexity index is 1470. The zero-order valence-electron chi connectivity index (χ0n) is 53.3. The van der Waals surface area contributed by atoms with Crippen molar-refractivity contribution in [2.75, 3.05) is 13.2 Å². The quantitative estimate of drug-likeness (QED) is 0.0261. The van der Waals surface area contributed by atoms with E-state index in [2.05, 4.69) is 93.7 Å². The maximum atomic E-state index is 12.9. The number of esters is 3. The van der Waals surface area contributed by atoms with Crippen LogP contribution in [0.2, 0.25) is 0 Å². The lowest BCUT2D eigenvalue weighted by atomic mass is 10.0. The van der Waals surface area contributed by atoms with Gasteiger partial charge < -0.3 is 14.2 Å². The van der Waals surface area contributed by atoms with Gasteiger partial charge in [0.2, 0.25) is 0 Å². The van der Waals surface area contributed by atoms with Crippen LogP contribution in [0.1, 0.15) is 361 Å². The highest BCUT2D eigenvalue weighted by molar-refractivity contribution is 5.71. The Hall–Kier alpha value is -3.15. The Kier molecular flexibility index (Phi) is 65.7. The molecule has 0 amide bonds. The summed E-state index contributed by atoms with van der Waals surface area (Å²) < 4.78 is 17.0. The minimum atomic E-state index is -0.785. The molecule has 1 unspecified atom stereocenters. The smallest absolute Gasteiger partial charge is 0.306 e. The molecule has 0 rings (SSSR count). The highest BCUT2D eigenvalue weighted by Gasteiger charge is 2.19. The number of rotatable bonds is 64. The second-order valence-corrected chi connectivity index (χ2v) is 23.4. The van der Waals surface area contributed by atoms with Crippen LogP contribution in [0.4, 0.5) is 0 Å². The van der Waals surface area contributed by atoms with E-state index in [4.69, 9.17) is 14.2 Å². The van der Waals surface area contributed by atoms with Gasteiger partial charge in [-0.2, -0.15) is 0 Å². The van der Waals surface area contributed by atoms with E-state index in [1.807, 2.05) is 0 Å². The van der Waals surface area contributed by atoms with Crippen LogP contribution in [-0.2, 0) is 28.6 Å². The summed E-state index contributed by atoms with van der Waals surface area (Å²) >= 11 is 0. The van der Waals surface area contributed by atoms with Gasteiger partial charge >= 0.3 is 17.9 Å². The summed E-state index contributed by atoms with van der Waals surface area (Å²) in [6, 6.07) is 0. The van der Waals surface area contributed by atoms with Crippen LogP contribution < -0.4 is 0 Å². The van der Waals surface area contributed by atoms with Gasteiger partial charge in [-0.05, 0) is 116 Å². The molecular weight excluding hydrogens is 985 g/mol. The van der Waals surface area contributed by atoms with E-state index in [-0.39, 0.29) is 31.1 Å². The van der Waals surface area contributed by atoms with Crippen LogP contribution in [0.25, 0.3) is 0 Å². The maximum absolute atomic E-state index is 12.9. The van der Waals surface area contributed by atoms with Gasteiger partial charge in [-0.3, -0.25) is 14.4 Å². The number of hydrogen-bond acceptors (Lipinski definition) is 6. The van der Waals surface area contributed by atoms with Crippen molar-refractivity contribution in [2.45, 2.75) is 367 Å². The molecule has 6 nitrogen and oxygen atoms in total. The van der Waals surface area contributed by atoms with Crippen molar-refractivity contribution >= 4 is 17.9 Å². The first kappa shape index (κ1) is 76.9. The van der Waals surface area contributed by atoms with Gasteiger partial charge in [0.1, 0.15) is 13.2 Å². The molecule has 0 aromatic rings. The Balaban J connectivity index is 4.32. The van der Waals surface area contributed by atoms with Gasteiger partial charge in [-0.25, -0.2) is 0 Å². The summed E-state index contributed by atoms with van der Waals surface area (Å²) in [5.74, 6) is -0.878. The number of carbonyl (C=O) groups excluding carboxylic acids is 3. The molecule has 0 N–H and O–H groups in total. The fourth-order valence-corrected chi connectivity index (χ4v) is 10.1. The fraction of sp³-hybridized carbons (Fsp3) is 0.797. The van der Waals surface area contributed by atoms with Crippen LogP contribution >= 0.6 is 0 Å². The minimum absolute atomic E-state index is 0.0796. The van der Waals surface area contributed by atoms with E-state index in [9.17, 15) is 14.4 Å². The molecule has 0 fully saturated rings. The van der Waals surface area contributed by atoms with Gasteiger partial charge in [0, 0.05) is 19.3 Å². The normalized spacial score (nSPS) is 12.5. The molecule has 80 heavy (non-hydrogen) atoms. The fourth-order valence-electron chi connectivity index (χ4n) is 10.1. The second kappa shape index (κ2) is 68.3. The molecule has 0 heterocycles. The van der Waals surface area contributed by atoms with Crippen LogP contribution in [-0.4, -0.2) is 37.2 Å². The largest absolute Gasteiger partial charge is 0.462 e. The lowest BCUT2D eigenvalue weighted by Crippen LogP contribution is -2.30. The molecule has 464 valence electrons. The first-order valence-corrected chi connectivity index (χ1v) is 34.9. The van der Waals surface area contributed by atoms with E-state index in [0.717, 1.165) is 89.9 Å². The lowest BCUT2D eigenvalue weighted by molar-refractivity contribution is -0.167. The molecule has 0 aliphatic carbocycles. The highest BCUT2D eigenvalue weighted by Crippen LogP contribution is 2.17. The minimum Gasteiger partial charge on any atom is -0.462 e. The summed E-state index contributed by atoms with van der Waals surface area (Å²) in [5, 5.41) is 0. The van der Waals surface area contributed by atoms with Gasteiger partial charge in [0.15, 0.2) is 6.10 Å². The molecule has 0 aliphatic heterocycles. The molecule has 6 heteroatoms. The SMILES string of the molecule is CCCCCC/C=C\C/C=C\CCCCCCCC(=O)OCC(COC(=O)CCCCCCCCCCCCCC/C=C\C/C=C\C/C=C\CCCCCCC)OC(=O)CCCCCCCCCCC/C=C\CCCCCCCC. The van der Waals surface area contributed by atoms with Crippen molar-refractivity contribution in [1.82, 2.24) is 0 Å². The molecule has 0 saturated heterocycles. The molecule has 1 atom stereocenters. The summed E-state index contributed by atoms with van der Waals surface area (Å²) in [4.78, 5) is 38.4. The number of carbonyl (C=O) groups is 3. The van der Waals surface area contributed by atoms with Gasteiger partial charge in [0.05, 0.1) is 0 Å². The number of allylic oxidation sites excluding steroid dienone is 12. The Morgan fingerprint density at radius 2 is 0.450 bits per heavy atom. The van der Waals surface area contributed by atoms with Crippen molar-refractivity contribution in [2.24, 2.45) is 0 Å². The highest BCUT2D eigenvalue weighted by atomic mass is 16.6. The van der Waals surface area contributed by atoms with Crippen molar-refractivity contribution in [3.8, 4) is 0 Å². The molecule has 0 aliphatic rings. The number of unbranched alkanes of at least 4 members (excludes halogenated alkanes) is 41. The van der Waals surface area contributed by atoms with Crippen LogP contribution in [0.5, 0.6) is 0 Å². The summed E-state index contributed by atoms with van der Waals surface area (Å²) in [5.41, 5.74) is 0. The Labute approximate surface area is 497 Å². The van der Waals surface area contributed by atoms with Gasteiger partial charge in [0.25, 0.3) is 0 Å². The molecule has 0 saturated carbocycles. The second-order valence-electron chi connectivity index (χ2n) is 23.4. The standard InChI is InChI=1S/C74H132O6/c1-4-7-10-13-16-19-22-25-28-31-33-34-35-36-37-38-39-40-42-43-46-49-52-55-58-61-64-67-73(76)79-70-71(69-78-72(75)66-63-60-57-54-51-48-45-30-27-24-21-18-15-12-9-6-3)80-74(77)68-65-62-59-56-53-50-47-44-41-32-29-26-23-20-17-14-11-8-5-2/h21-22,24-26,29-31,33,35-36,45,71H,4-20,23,27-28,32,34,37-44,46-70H2,1-3H3/b24-21-,25-22-,29-26-,33-31-,36-35-,45-30-. The van der Waals surface area contributed by atoms with E-state index in [1.54, 1.807) is 0 Å². The predicted molar refractivity (Wildman–Crippen MR) is 348 cm³/mol. The lowest BCUT2D eigenvalue weighted by Gasteiger charge is -2.18. The van der Waals surface area contributed by atoms with E-state index < -0.39 is 6.10 Å². The first-order valence-electron chi connectivity index (χ1n) is 34.9. The third-order valence-electron chi connectivity index (χ3n) is 15.4. The average molecular weight is 1120 g/mol. The van der Waals surface area contributed by atoms with Gasteiger partial charge in [-0.15, -0.1) is 0 Å². The first-order chi connectivity index (χ1) is 39.5. The zero-order chi connectivity index (χ0) is 57.8. The Morgan fingerprint density at radius 1 is 0.250 bits per heavy atom. The summed E-state index contributed by atoms with van der Waals surface area (Å²) in [6.45, 7) is 6.64. The molecule has 0 bridgehead atoms. The predicted octanol–water partition coefficient (Wildman–Crippen LogP) is 24.1. The van der Waals surface area contributed by atoms with E-state index in [1.165, 1.54) is 231 Å². The average Bonchev–Trinajstić information content (AvgIpc) is 3.46. The maximum Gasteiger partial charge on any atom is 0.306 e. The zero-order valence-corrected chi connectivity index (χ0v) is 53.3. The van der Waals surface area contributed by atoms with Gasteiger partial charge in [-0.1, -0.05) is 299 Å². The van der Waals surface area contributed by atoms with E-state index >= 15 is 0 Å². The molecule has 0 aromatic heterocycles. The molecule has 0 radical (unpaired) electrons. The van der Waals surface area contributed by atoms with E-state index in [0.29, 0.717) is 19.3 Å². The number of ether oxygens (including phenoxy) is 3. The Morgan fingerprint density at radius 3 is 0.725 bits per heavy atom. The topological polar surface area (TPSA) is 78.9 Å². The third-order valence-corrected chi connectivity index (χ3v) is 15.4. The monoisotopic (exact) mass is 1120 g/mol. The van der Waals surface area contributed by atoms with Crippen molar-refractivity contribution < 1.29 is 28.6 Å². The summed E-state index contributed by atoms with van der Waals surface area (Å²) in [6.07, 6.45) is 89.2. The van der Waals surface area contributed by atoms with Crippen molar-refractivity contribution in [3.63, 3.8) is 0 Å². The summed E-state index contributed by atoms with van der Waals surface area (Å²) in [7, 11) is 0. The van der Waals surface area contributed by atoms with Crippen molar-refractivity contribution in [3.05, 3.63) is 72.9 Å². The molecule has 0 aromatic carbocycles. The number of hydrogen-bond donors (Lipinski definition) is 0. The van der Waals surface area contributed by atoms with Crippen molar-refractivity contribution in [1.29, 1.82) is 0 Å². The van der Waals surface area contributed by atoms with Crippen LogP contribution in [0, 0.1) is 0 Å². The van der Waals surface area contributed by atoms with Crippen LogP contribution in [0.15, 0.2) is 72.9 Å². The van der Waals surface area contributed by atoms with Crippen LogP contribution in [0.3, 0.4) is 0 Å².